The molecule has 150 valence electrons. The van der Waals surface area contributed by atoms with Gasteiger partial charge in [0, 0.05) is 23.9 Å². The zero-order chi connectivity index (χ0) is 21.7. The highest BCUT2D eigenvalue weighted by atomic mass is 16.5. The maximum absolute atomic E-state index is 11.6. The van der Waals surface area contributed by atoms with Crippen LogP contribution < -0.4 is 21.5 Å². The summed E-state index contributed by atoms with van der Waals surface area (Å²) in [5.41, 5.74) is 11.6. The van der Waals surface area contributed by atoms with Gasteiger partial charge < -0.3 is 21.5 Å². The summed E-state index contributed by atoms with van der Waals surface area (Å²) in [5, 5.41) is 11.6. The van der Waals surface area contributed by atoms with Crippen molar-refractivity contribution < 1.29 is 14.3 Å². The molecule has 2 heterocycles. The Morgan fingerprint density at radius 2 is 1.87 bits per heavy atom. The maximum atomic E-state index is 11.6. The molecule has 0 bridgehead atoms. The Morgan fingerprint density at radius 1 is 1.13 bits per heavy atom. The number of carbonyl (C=O) groups is 2. The van der Waals surface area contributed by atoms with Crippen molar-refractivity contribution in [1.82, 2.24) is 15.0 Å². The molecule has 1 aromatic carbocycles. The largest absolute Gasteiger partial charge is 0.439 e. The Hall–Kier alpha value is -4.52. The summed E-state index contributed by atoms with van der Waals surface area (Å²) in [5.74, 6) is -0.00642. The van der Waals surface area contributed by atoms with Gasteiger partial charge in [0.2, 0.25) is 11.8 Å². The fraction of sp³-hybridized carbons (Fsp3) is 0.100. The van der Waals surface area contributed by atoms with Gasteiger partial charge in [-0.15, -0.1) is 0 Å². The first-order valence-electron chi connectivity index (χ1n) is 8.75. The lowest BCUT2D eigenvalue weighted by molar-refractivity contribution is -0.118. The average molecular weight is 403 g/mol. The van der Waals surface area contributed by atoms with Crippen LogP contribution in [0.15, 0.2) is 48.7 Å². The van der Waals surface area contributed by atoms with Gasteiger partial charge in [-0.1, -0.05) is 0 Å². The number of nitrogens with zero attached hydrogens (tertiary/aromatic N) is 4. The van der Waals surface area contributed by atoms with E-state index in [1.54, 1.807) is 43.3 Å². The molecule has 2 aromatic heterocycles. The van der Waals surface area contributed by atoms with E-state index in [9.17, 15) is 9.59 Å². The van der Waals surface area contributed by atoms with Crippen molar-refractivity contribution in [2.24, 2.45) is 11.5 Å². The number of aromatic nitrogens is 3. The zero-order valence-electron chi connectivity index (χ0n) is 15.9. The third-order valence-electron chi connectivity index (χ3n) is 3.97. The van der Waals surface area contributed by atoms with Gasteiger partial charge in [0.25, 0.3) is 5.91 Å². The molecule has 1 atom stereocenters. The average Bonchev–Trinajstić information content (AvgIpc) is 2.74. The minimum atomic E-state index is -0.736. The van der Waals surface area contributed by atoms with Crippen LogP contribution in [0.2, 0.25) is 0 Å². The molecule has 0 spiro atoms. The highest BCUT2D eigenvalue weighted by Crippen LogP contribution is 2.24. The van der Waals surface area contributed by atoms with E-state index >= 15 is 0 Å². The van der Waals surface area contributed by atoms with Gasteiger partial charge in [-0.2, -0.15) is 5.26 Å². The van der Waals surface area contributed by atoms with Crippen LogP contribution in [0.4, 0.5) is 5.82 Å². The van der Waals surface area contributed by atoms with Crippen LogP contribution in [-0.4, -0.2) is 32.8 Å². The predicted octanol–water partition coefficient (Wildman–Crippen LogP) is 1.59. The van der Waals surface area contributed by atoms with Crippen molar-refractivity contribution in [2.45, 2.75) is 13.0 Å². The van der Waals surface area contributed by atoms with Crippen molar-refractivity contribution >= 4 is 17.6 Å². The van der Waals surface area contributed by atoms with Gasteiger partial charge in [-0.25, -0.2) is 15.0 Å². The molecule has 2 amide bonds. The Balaban J connectivity index is 1.85. The number of anilines is 1. The summed E-state index contributed by atoms with van der Waals surface area (Å²) in [6.45, 7) is 1.57. The fourth-order valence-corrected chi connectivity index (χ4v) is 2.37. The number of ether oxygens (including phenoxy) is 1. The molecule has 10 nitrogen and oxygen atoms in total. The molecular weight excluding hydrogens is 386 g/mol. The van der Waals surface area contributed by atoms with Gasteiger partial charge in [0.1, 0.15) is 29.4 Å². The van der Waals surface area contributed by atoms with Gasteiger partial charge in [0.05, 0.1) is 5.56 Å². The van der Waals surface area contributed by atoms with Gasteiger partial charge in [-0.3, -0.25) is 9.59 Å². The number of nitrogens with two attached hydrogens (primary N) is 2. The number of primary amides is 2. The SMILES string of the molecule is CC(Nc1cc(C(N)=O)nc(-c2ccc(Oc3ccc(C#N)cn3)cc2)n1)C(N)=O. The highest BCUT2D eigenvalue weighted by Gasteiger charge is 2.14. The van der Waals surface area contributed by atoms with Crippen molar-refractivity contribution in [3.63, 3.8) is 0 Å². The van der Waals surface area contributed by atoms with Crippen LogP contribution in [-0.2, 0) is 4.79 Å². The summed E-state index contributed by atoms with van der Waals surface area (Å²) in [6, 6.07) is 12.6. The van der Waals surface area contributed by atoms with E-state index in [-0.39, 0.29) is 17.3 Å². The van der Waals surface area contributed by atoms with E-state index < -0.39 is 17.9 Å². The number of benzene rings is 1. The number of nitriles is 1. The Bertz CT molecular complexity index is 1120. The number of amides is 2. The number of nitrogens with one attached hydrogen (secondary N) is 1. The van der Waals surface area contributed by atoms with Crippen LogP contribution in [0.25, 0.3) is 11.4 Å². The molecule has 1 unspecified atom stereocenters. The molecule has 0 saturated carbocycles. The van der Waals surface area contributed by atoms with E-state index in [0.29, 0.717) is 22.8 Å². The van der Waals surface area contributed by atoms with Crippen molar-refractivity contribution in [3.05, 3.63) is 59.9 Å². The molecule has 3 rings (SSSR count). The third-order valence-corrected chi connectivity index (χ3v) is 3.97. The van der Waals surface area contributed by atoms with Crippen LogP contribution in [0, 0.1) is 11.3 Å². The first-order chi connectivity index (χ1) is 14.4. The van der Waals surface area contributed by atoms with E-state index in [2.05, 4.69) is 20.3 Å². The molecule has 3 aromatic rings. The lowest BCUT2D eigenvalue weighted by Crippen LogP contribution is -2.33. The number of hydrogen-bond donors (Lipinski definition) is 3. The topological polar surface area (TPSA) is 170 Å². The van der Waals surface area contributed by atoms with Crippen LogP contribution in [0.3, 0.4) is 0 Å². The molecule has 10 heteroatoms. The predicted molar refractivity (Wildman–Crippen MR) is 107 cm³/mol. The number of pyridine rings is 1. The van der Waals surface area contributed by atoms with E-state index in [1.807, 2.05) is 6.07 Å². The van der Waals surface area contributed by atoms with Crippen LogP contribution in [0.1, 0.15) is 23.0 Å². The molecule has 0 aliphatic heterocycles. The minimum Gasteiger partial charge on any atom is -0.439 e. The van der Waals surface area contributed by atoms with Crippen LogP contribution >= 0.6 is 0 Å². The van der Waals surface area contributed by atoms with E-state index in [0.717, 1.165) is 0 Å². The lowest BCUT2D eigenvalue weighted by Gasteiger charge is -2.13. The van der Waals surface area contributed by atoms with Crippen molar-refractivity contribution in [3.8, 4) is 29.1 Å². The third kappa shape index (κ3) is 4.85. The van der Waals surface area contributed by atoms with Gasteiger partial charge >= 0.3 is 0 Å². The minimum absolute atomic E-state index is 0.0127. The second kappa shape index (κ2) is 8.66. The number of carbonyl (C=O) groups excluding carboxylic acids is 2. The summed E-state index contributed by atoms with van der Waals surface area (Å²) in [7, 11) is 0. The Labute approximate surface area is 171 Å². The summed E-state index contributed by atoms with van der Waals surface area (Å²) in [6.07, 6.45) is 1.41. The molecule has 0 radical (unpaired) electrons. The van der Waals surface area contributed by atoms with E-state index in [4.69, 9.17) is 21.5 Å². The first kappa shape index (κ1) is 20.2. The molecule has 30 heavy (non-hydrogen) atoms. The second-order valence-electron chi connectivity index (χ2n) is 6.22. The van der Waals surface area contributed by atoms with Crippen molar-refractivity contribution in [1.29, 1.82) is 5.26 Å². The number of hydrogen-bond acceptors (Lipinski definition) is 8. The number of rotatable bonds is 7. The summed E-state index contributed by atoms with van der Waals surface area (Å²) < 4.78 is 5.63. The normalized spacial score (nSPS) is 11.2. The maximum Gasteiger partial charge on any atom is 0.267 e. The lowest BCUT2D eigenvalue weighted by atomic mass is 10.2. The van der Waals surface area contributed by atoms with Crippen molar-refractivity contribution in [2.75, 3.05) is 5.32 Å². The highest BCUT2D eigenvalue weighted by molar-refractivity contribution is 5.92. The van der Waals surface area contributed by atoms with E-state index in [1.165, 1.54) is 12.3 Å². The fourth-order valence-electron chi connectivity index (χ4n) is 2.37. The second-order valence-corrected chi connectivity index (χ2v) is 6.22. The molecule has 0 aliphatic rings. The molecule has 0 aliphatic carbocycles. The van der Waals surface area contributed by atoms with Gasteiger partial charge in [0.15, 0.2) is 5.82 Å². The first-order valence-corrected chi connectivity index (χ1v) is 8.75. The smallest absolute Gasteiger partial charge is 0.267 e. The summed E-state index contributed by atoms with van der Waals surface area (Å²) >= 11 is 0. The Kier molecular flexibility index (Phi) is 5.84. The quantitative estimate of drug-likeness (QED) is 0.534. The summed E-state index contributed by atoms with van der Waals surface area (Å²) in [4.78, 5) is 35.4. The molecule has 5 N–H and O–H groups in total. The zero-order valence-corrected chi connectivity index (χ0v) is 15.9. The van der Waals surface area contributed by atoms with Crippen LogP contribution in [0.5, 0.6) is 11.6 Å². The standard InChI is InChI=1S/C20H17N7O3/c1-11(18(22)28)25-16-8-15(19(23)29)26-20(27-16)13-3-5-14(6-4-13)30-17-7-2-12(9-21)10-24-17/h2-8,10-11H,1H3,(H2,22,28)(H2,23,29)(H,25,26,27). The monoisotopic (exact) mass is 403 g/mol. The molecular formula is C20H17N7O3. The molecule has 0 fully saturated rings. The Morgan fingerprint density at radius 3 is 2.43 bits per heavy atom. The molecule has 0 saturated heterocycles. The van der Waals surface area contributed by atoms with Gasteiger partial charge in [-0.05, 0) is 37.3 Å².